The highest BCUT2D eigenvalue weighted by atomic mass is 16.1. The summed E-state index contributed by atoms with van der Waals surface area (Å²) in [6, 6.07) is 0. The molecule has 11 heavy (non-hydrogen) atoms. The Morgan fingerprint density at radius 1 is 1.45 bits per heavy atom. The molecule has 0 N–H and O–H groups in total. The van der Waals surface area contributed by atoms with Gasteiger partial charge in [0, 0.05) is 0 Å². The van der Waals surface area contributed by atoms with Crippen molar-refractivity contribution in [1.29, 1.82) is 0 Å². The summed E-state index contributed by atoms with van der Waals surface area (Å²) in [7, 11) is 0. The molecule has 1 aliphatic rings. The van der Waals surface area contributed by atoms with E-state index >= 15 is 0 Å². The zero-order valence-corrected chi connectivity index (χ0v) is 5.56. The third kappa shape index (κ3) is 1.000. The van der Waals surface area contributed by atoms with Crippen LogP contribution in [0.2, 0.25) is 0 Å². The van der Waals surface area contributed by atoms with E-state index in [9.17, 15) is 4.79 Å². The van der Waals surface area contributed by atoms with Crippen molar-refractivity contribution in [1.82, 2.24) is 9.97 Å². The quantitative estimate of drug-likeness (QED) is 0.438. The third-order valence-electron chi connectivity index (χ3n) is 1.29. The maximum atomic E-state index is 10.7. The van der Waals surface area contributed by atoms with Gasteiger partial charge in [0.1, 0.15) is 18.2 Å². The van der Waals surface area contributed by atoms with Gasteiger partial charge in [-0.25, -0.2) is 9.97 Å². The van der Waals surface area contributed by atoms with Crippen molar-refractivity contribution in [2.24, 2.45) is 9.98 Å². The summed E-state index contributed by atoms with van der Waals surface area (Å²) < 4.78 is 0. The monoisotopic (exact) mass is 148 g/mol. The predicted octanol–water partition coefficient (Wildman–Crippen LogP) is -1.74. The molecule has 0 saturated carbocycles. The van der Waals surface area contributed by atoms with Gasteiger partial charge in [0.2, 0.25) is 0 Å². The number of fused-ring (bicyclic) bond motifs is 1. The van der Waals surface area contributed by atoms with Crippen LogP contribution in [0.3, 0.4) is 0 Å². The van der Waals surface area contributed by atoms with Gasteiger partial charge in [0.25, 0.3) is 5.91 Å². The van der Waals surface area contributed by atoms with Crippen LogP contribution in [0.15, 0.2) is 22.5 Å². The summed E-state index contributed by atoms with van der Waals surface area (Å²) in [5, 5.41) is 0.590. The van der Waals surface area contributed by atoms with Crippen molar-refractivity contribution in [3.05, 3.63) is 23.4 Å². The number of carbonyl (C=O) groups excluding carboxylic acids is 1. The zero-order chi connectivity index (χ0) is 7.68. The number of aromatic nitrogens is 2. The fourth-order valence-corrected chi connectivity index (χ4v) is 0.820. The van der Waals surface area contributed by atoms with Gasteiger partial charge in [0.15, 0.2) is 5.49 Å². The van der Waals surface area contributed by atoms with E-state index in [1.807, 2.05) is 0 Å². The fraction of sp³-hybridized carbons (Fsp3) is 0.167. The van der Waals surface area contributed by atoms with Gasteiger partial charge >= 0.3 is 0 Å². The average molecular weight is 148 g/mol. The lowest BCUT2D eigenvalue weighted by molar-refractivity contribution is -0.116. The first-order chi connectivity index (χ1) is 5.36. The molecule has 2 heterocycles. The summed E-state index contributed by atoms with van der Waals surface area (Å²) in [5.74, 6) is -0.254. The first-order valence-corrected chi connectivity index (χ1v) is 3.08. The highest BCUT2D eigenvalue weighted by Gasteiger charge is 2.02. The van der Waals surface area contributed by atoms with Crippen molar-refractivity contribution in [3.63, 3.8) is 0 Å². The first-order valence-electron chi connectivity index (χ1n) is 3.08. The number of nitrogens with zero attached hydrogens (tertiary/aromatic N) is 4. The molecule has 0 saturated heterocycles. The second-order valence-electron chi connectivity index (χ2n) is 2.05. The molecule has 0 atom stereocenters. The lowest BCUT2D eigenvalue weighted by Crippen LogP contribution is -2.34. The minimum Gasteiger partial charge on any atom is -0.270 e. The smallest absolute Gasteiger partial charge is 0.269 e. The van der Waals surface area contributed by atoms with E-state index in [4.69, 9.17) is 0 Å². The van der Waals surface area contributed by atoms with E-state index < -0.39 is 0 Å². The maximum Gasteiger partial charge on any atom is 0.269 e. The summed E-state index contributed by atoms with van der Waals surface area (Å²) in [5.41, 5.74) is 0.372. The van der Waals surface area contributed by atoms with Gasteiger partial charge in [0.05, 0.1) is 6.20 Å². The summed E-state index contributed by atoms with van der Waals surface area (Å²) in [6.07, 6.45) is 2.88. The molecule has 1 aliphatic heterocycles. The Bertz CT molecular complexity index is 411. The molecule has 5 nitrogen and oxygen atoms in total. The topological polar surface area (TPSA) is 67.6 Å². The molecule has 1 amide bonds. The summed E-state index contributed by atoms with van der Waals surface area (Å²) in [4.78, 5) is 25.8. The SMILES string of the molecule is O=C1CN=c2cncnc2=N1. The molecule has 0 aliphatic carbocycles. The Balaban J connectivity index is 2.83. The first kappa shape index (κ1) is 6.09. The maximum absolute atomic E-state index is 10.7. The van der Waals surface area contributed by atoms with E-state index in [1.165, 1.54) is 12.5 Å². The van der Waals surface area contributed by atoms with Gasteiger partial charge in [-0.1, -0.05) is 0 Å². The van der Waals surface area contributed by atoms with Crippen LogP contribution in [0.1, 0.15) is 0 Å². The van der Waals surface area contributed by atoms with Crippen molar-refractivity contribution in [3.8, 4) is 0 Å². The Morgan fingerprint density at radius 2 is 2.36 bits per heavy atom. The third-order valence-corrected chi connectivity index (χ3v) is 1.29. The predicted molar refractivity (Wildman–Crippen MR) is 34.2 cm³/mol. The van der Waals surface area contributed by atoms with Crippen molar-refractivity contribution in [2.75, 3.05) is 6.54 Å². The molecule has 2 rings (SSSR count). The summed E-state index contributed by atoms with van der Waals surface area (Å²) in [6.45, 7) is 0.111. The lowest BCUT2D eigenvalue weighted by Gasteiger charge is -1.94. The van der Waals surface area contributed by atoms with E-state index in [1.54, 1.807) is 0 Å². The van der Waals surface area contributed by atoms with E-state index in [0.29, 0.717) is 10.8 Å². The van der Waals surface area contributed by atoms with Crippen LogP contribution in [-0.4, -0.2) is 22.4 Å². The van der Waals surface area contributed by atoms with Crippen molar-refractivity contribution in [2.45, 2.75) is 0 Å². The molecule has 0 spiro atoms. The molecular weight excluding hydrogens is 144 g/mol. The second-order valence-corrected chi connectivity index (χ2v) is 2.05. The molecule has 0 unspecified atom stereocenters. The molecule has 54 valence electrons. The number of rotatable bonds is 0. The minimum absolute atomic E-state index is 0.111. The van der Waals surface area contributed by atoms with Crippen molar-refractivity contribution < 1.29 is 4.79 Å². The second kappa shape index (κ2) is 2.19. The van der Waals surface area contributed by atoms with Crippen LogP contribution in [0, 0.1) is 0 Å². The Labute approximate surface area is 61.5 Å². The number of hydrogen-bond acceptors (Lipinski definition) is 4. The van der Waals surface area contributed by atoms with E-state index in [0.717, 1.165) is 0 Å². The Morgan fingerprint density at radius 3 is 3.27 bits per heavy atom. The normalized spacial score (nSPS) is 14.7. The van der Waals surface area contributed by atoms with Crippen LogP contribution in [0.4, 0.5) is 0 Å². The van der Waals surface area contributed by atoms with Crippen LogP contribution >= 0.6 is 0 Å². The number of carbonyl (C=O) groups is 1. The Hall–Kier alpha value is -1.65. The molecule has 1 aromatic rings. The molecule has 0 radical (unpaired) electrons. The molecule has 5 heteroatoms. The Kier molecular flexibility index (Phi) is 1.21. The van der Waals surface area contributed by atoms with Crippen LogP contribution < -0.4 is 10.8 Å². The number of hydrogen-bond donors (Lipinski definition) is 0. The van der Waals surface area contributed by atoms with Gasteiger partial charge in [-0.05, 0) is 0 Å². The van der Waals surface area contributed by atoms with Crippen LogP contribution in [-0.2, 0) is 4.79 Å². The average Bonchev–Trinajstić information content (AvgIpc) is 2.04. The van der Waals surface area contributed by atoms with Gasteiger partial charge in [-0.3, -0.25) is 9.79 Å². The van der Waals surface area contributed by atoms with E-state index in [2.05, 4.69) is 20.0 Å². The highest BCUT2D eigenvalue weighted by molar-refractivity contribution is 5.79. The molecule has 0 fully saturated rings. The summed E-state index contributed by atoms with van der Waals surface area (Å²) >= 11 is 0. The van der Waals surface area contributed by atoms with E-state index in [-0.39, 0.29) is 12.5 Å². The van der Waals surface area contributed by atoms with Gasteiger partial charge < -0.3 is 0 Å². The molecule has 1 aromatic heterocycles. The number of amides is 1. The fourth-order valence-electron chi connectivity index (χ4n) is 0.820. The molecule has 0 bridgehead atoms. The molecule has 0 aromatic carbocycles. The minimum atomic E-state index is -0.254. The zero-order valence-electron chi connectivity index (χ0n) is 5.56. The van der Waals surface area contributed by atoms with Crippen molar-refractivity contribution >= 4 is 5.91 Å². The van der Waals surface area contributed by atoms with Crippen LogP contribution in [0.5, 0.6) is 0 Å². The highest BCUT2D eigenvalue weighted by Crippen LogP contribution is 1.77. The largest absolute Gasteiger partial charge is 0.270 e. The van der Waals surface area contributed by atoms with Gasteiger partial charge in [-0.15, -0.1) is 0 Å². The standard InChI is InChI=1S/C6H4N4O/c11-5-2-8-4-1-7-3-9-6(4)10-5/h1,3H,2H2. The van der Waals surface area contributed by atoms with Gasteiger partial charge in [-0.2, -0.15) is 4.99 Å². The molecular formula is C6H4N4O. The van der Waals surface area contributed by atoms with Crippen LogP contribution in [0.25, 0.3) is 0 Å². The lowest BCUT2D eigenvalue weighted by atomic mass is 10.5.